The number of carboxylic acids is 1. The number of hydrogen-bond acceptors (Lipinski definition) is 3. The average Bonchev–Trinajstić information content (AvgIpc) is 3.33. The number of carboxylic acid groups (broad SMARTS) is 1. The molecule has 1 amide bonds. The van der Waals surface area contributed by atoms with E-state index in [1.54, 1.807) is 6.92 Å². The lowest BCUT2D eigenvalue weighted by Gasteiger charge is -2.18. The Labute approximate surface area is 150 Å². The molecular weight excluding hydrogens is 332 g/mol. The summed E-state index contributed by atoms with van der Waals surface area (Å²) in [5.41, 5.74) is 1.94. The summed E-state index contributed by atoms with van der Waals surface area (Å²) in [5, 5.41) is 15.8. The average molecular weight is 352 g/mol. The molecule has 0 spiro atoms. The maximum Gasteiger partial charge on any atom is 0.356 e. The van der Waals surface area contributed by atoms with E-state index in [1.165, 1.54) is 16.9 Å². The van der Waals surface area contributed by atoms with Crippen molar-refractivity contribution in [2.45, 2.75) is 25.9 Å². The van der Waals surface area contributed by atoms with Crippen LogP contribution in [0.25, 0.3) is 5.69 Å². The number of nitrogens with one attached hydrogen (secondary N) is 1. The van der Waals surface area contributed by atoms with E-state index >= 15 is 0 Å². The van der Waals surface area contributed by atoms with Crippen molar-refractivity contribution in [2.75, 3.05) is 0 Å². The molecule has 0 radical (unpaired) electrons. The Balaban J connectivity index is 1.65. The Morgan fingerprint density at radius 2 is 1.69 bits per heavy atom. The molecule has 3 rings (SSSR count). The monoisotopic (exact) mass is 352 g/mol. The van der Waals surface area contributed by atoms with Crippen molar-refractivity contribution in [1.82, 2.24) is 19.7 Å². The van der Waals surface area contributed by atoms with E-state index in [1.807, 2.05) is 60.3 Å². The van der Waals surface area contributed by atoms with Crippen LogP contribution in [0.4, 0.5) is 0 Å². The number of hydrogen-bond donors (Lipinski definition) is 2. The third kappa shape index (κ3) is 3.66. The maximum atomic E-state index is 12.4. The summed E-state index contributed by atoms with van der Waals surface area (Å²) in [6.07, 6.45) is 5.43. The number of nitrogens with zero attached hydrogens (tertiary/aromatic N) is 3. The van der Waals surface area contributed by atoms with Gasteiger partial charge in [-0.2, -0.15) is 5.10 Å². The van der Waals surface area contributed by atoms with E-state index in [4.69, 9.17) is 5.11 Å². The fourth-order valence-electron chi connectivity index (χ4n) is 2.65. The minimum atomic E-state index is -1.12. The van der Waals surface area contributed by atoms with Gasteiger partial charge >= 0.3 is 5.97 Å². The van der Waals surface area contributed by atoms with Gasteiger partial charge in [0.05, 0.1) is 6.04 Å². The van der Waals surface area contributed by atoms with Crippen molar-refractivity contribution in [1.29, 1.82) is 0 Å². The molecule has 7 nitrogen and oxygen atoms in total. The predicted molar refractivity (Wildman–Crippen MR) is 96.2 cm³/mol. The highest BCUT2D eigenvalue weighted by molar-refractivity contribution is 5.85. The normalized spacial score (nSPS) is 13.2. The highest BCUT2D eigenvalue weighted by atomic mass is 16.4. The second-order valence-corrected chi connectivity index (χ2v) is 6.07. The Hall–Kier alpha value is -3.35. The van der Waals surface area contributed by atoms with Gasteiger partial charge in [0.2, 0.25) is 5.91 Å². The lowest BCUT2D eigenvalue weighted by Crippen LogP contribution is -2.33. The van der Waals surface area contributed by atoms with Crippen LogP contribution in [0.1, 0.15) is 42.0 Å². The quantitative estimate of drug-likeness (QED) is 0.714. The summed E-state index contributed by atoms with van der Waals surface area (Å²) in [6.45, 7) is 3.58. The number of amides is 1. The Morgan fingerprint density at radius 1 is 1.04 bits per heavy atom. The number of rotatable bonds is 6. The molecule has 0 bridgehead atoms. The highest BCUT2D eigenvalue weighted by Gasteiger charge is 2.19. The zero-order valence-electron chi connectivity index (χ0n) is 14.5. The molecule has 26 heavy (non-hydrogen) atoms. The van der Waals surface area contributed by atoms with Crippen LogP contribution in [-0.4, -0.2) is 31.3 Å². The van der Waals surface area contributed by atoms with E-state index in [2.05, 4.69) is 10.4 Å². The summed E-state index contributed by atoms with van der Waals surface area (Å²) < 4.78 is 3.35. The summed E-state index contributed by atoms with van der Waals surface area (Å²) in [7, 11) is 0. The summed E-state index contributed by atoms with van der Waals surface area (Å²) >= 11 is 0. The van der Waals surface area contributed by atoms with Crippen LogP contribution in [0.15, 0.2) is 61.1 Å². The molecule has 0 fully saturated rings. The first-order chi connectivity index (χ1) is 12.5. The molecule has 7 heteroatoms. The van der Waals surface area contributed by atoms with E-state index in [0.29, 0.717) is 0 Å². The first kappa shape index (κ1) is 17.5. The van der Waals surface area contributed by atoms with Crippen LogP contribution in [0, 0.1) is 0 Å². The van der Waals surface area contributed by atoms with Gasteiger partial charge in [-0.15, -0.1) is 0 Å². The van der Waals surface area contributed by atoms with Crippen molar-refractivity contribution in [3.05, 3.63) is 72.3 Å². The number of benzene rings is 1. The second-order valence-electron chi connectivity index (χ2n) is 6.07. The summed E-state index contributed by atoms with van der Waals surface area (Å²) in [4.78, 5) is 23.3. The Morgan fingerprint density at radius 3 is 2.27 bits per heavy atom. The predicted octanol–water partition coefficient (Wildman–Crippen LogP) is 2.81. The van der Waals surface area contributed by atoms with Gasteiger partial charge in [0.15, 0.2) is 5.69 Å². The number of carbonyl (C=O) groups excluding carboxylic acids is 1. The van der Waals surface area contributed by atoms with Gasteiger partial charge in [-0.1, -0.05) is 12.1 Å². The van der Waals surface area contributed by atoms with E-state index in [9.17, 15) is 9.59 Å². The van der Waals surface area contributed by atoms with Gasteiger partial charge in [0.25, 0.3) is 0 Å². The first-order valence-electron chi connectivity index (χ1n) is 8.28. The molecule has 1 aromatic carbocycles. The third-order valence-electron chi connectivity index (χ3n) is 4.26. The van der Waals surface area contributed by atoms with Crippen LogP contribution in [0.5, 0.6) is 0 Å². The fraction of sp³-hybridized carbons (Fsp3) is 0.211. The van der Waals surface area contributed by atoms with Crippen LogP contribution in [0.3, 0.4) is 0 Å². The third-order valence-corrected chi connectivity index (χ3v) is 4.26. The van der Waals surface area contributed by atoms with Crippen LogP contribution >= 0.6 is 0 Å². The topological polar surface area (TPSA) is 89.2 Å². The van der Waals surface area contributed by atoms with Crippen LogP contribution in [0.2, 0.25) is 0 Å². The Kier molecular flexibility index (Phi) is 4.88. The van der Waals surface area contributed by atoms with Gasteiger partial charge in [0.1, 0.15) is 6.04 Å². The van der Waals surface area contributed by atoms with Crippen molar-refractivity contribution < 1.29 is 14.7 Å². The molecule has 2 heterocycles. The molecule has 0 aliphatic heterocycles. The molecule has 2 N–H and O–H groups in total. The summed E-state index contributed by atoms with van der Waals surface area (Å²) in [5.74, 6) is -1.35. The molecule has 0 aliphatic rings. The molecule has 2 unspecified atom stereocenters. The van der Waals surface area contributed by atoms with Gasteiger partial charge in [0, 0.05) is 24.3 Å². The maximum absolute atomic E-state index is 12.4. The van der Waals surface area contributed by atoms with E-state index in [-0.39, 0.29) is 17.6 Å². The summed E-state index contributed by atoms with van der Waals surface area (Å²) in [6, 6.07) is 12.4. The zero-order chi connectivity index (χ0) is 18.7. The van der Waals surface area contributed by atoms with Gasteiger partial charge in [-0.3, -0.25) is 9.48 Å². The minimum absolute atomic E-state index is 0.0849. The Bertz CT molecular complexity index is 897. The first-order valence-corrected chi connectivity index (χ1v) is 8.28. The molecule has 2 aromatic heterocycles. The molecule has 134 valence electrons. The molecule has 2 atom stereocenters. The fourth-order valence-corrected chi connectivity index (χ4v) is 2.65. The molecule has 0 saturated carbocycles. The smallest absolute Gasteiger partial charge is 0.356 e. The van der Waals surface area contributed by atoms with Gasteiger partial charge in [-0.05, 0) is 49.7 Å². The number of carbonyl (C=O) groups is 2. The van der Waals surface area contributed by atoms with Crippen molar-refractivity contribution in [3.63, 3.8) is 0 Å². The molecular formula is C19H20N4O3. The largest absolute Gasteiger partial charge is 0.476 e. The highest BCUT2D eigenvalue weighted by Crippen LogP contribution is 2.17. The van der Waals surface area contributed by atoms with Gasteiger partial charge < -0.3 is 15.0 Å². The SMILES string of the molecule is CC(NC(=O)C(C)n1ccc(C(=O)O)n1)c1ccc(-n2cccc2)cc1. The van der Waals surface area contributed by atoms with Crippen LogP contribution in [-0.2, 0) is 4.79 Å². The lowest BCUT2D eigenvalue weighted by molar-refractivity contribution is -0.124. The van der Waals surface area contributed by atoms with Crippen molar-refractivity contribution in [2.24, 2.45) is 0 Å². The van der Waals surface area contributed by atoms with E-state index < -0.39 is 12.0 Å². The molecule has 0 saturated heterocycles. The van der Waals surface area contributed by atoms with Gasteiger partial charge in [-0.25, -0.2) is 4.79 Å². The van der Waals surface area contributed by atoms with Crippen molar-refractivity contribution in [3.8, 4) is 5.69 Å². The number of aromatic carboxylic acids is 1. The van der Waals surface area contributed by atoms with E-state index in [0.717, 1.165) is 11.3 Å². The standard InChI is InChI=1S/C19H20N4O3/c1-13(15-5-7-16(8-6-15)22-10-3-4-11-22)20-18(24)14(2)23-12-9-17(21-23)19(25)26/h3-14H,1-2H3,(H,20,24)(H,25,26). The number of aromatic nitrogens is 3. The lowest BCUT2D eigenvalue weighted by atomic mass is 10.1. The van der Waals surface area contributed by atoms with Crippen molar-refractivity contribution >= 4 is 11.9 Å². The second kappa shape index (κ2) is 7.26. The minimum Gasteiger partial charge on any atom is -0.476 e. The molecule has 0 aliphatic carbocycles. The zero-order valence-corrected chi connectivity index (χ0v) is 14.5. The van der Waals surface area contributed by atoms with Crippen LogP contribution < -0.4 is 5.32 Å². The molecule has 3 aromatic rings.